The molecule has 1 atom stereocenters. The molecule has 96 valence electrons. The largest absolute Gasteiger partial charge is 0.493 e. The molecule has 0 bridgehead atoms. The number of halogens is 1. The molecule has 17 heavy (non-hydrogen) atoms. The summed E-state index contributed by atoms with van der Waals surface area (Å²) in [7, 11) is 0. The van der Waals surface area contributed by atoms with E-state index in [1.165, 1.54) is 0 Å². The average molecular weight is 257 g/mol. The SMILES string of the molecule is CC(C)CCCOc1ccc(Cl)cc1C(C)O. The summed E-state index contributed by atoms with van der Waals surface area (Å²) >= 11 is 5.90. The van der Waals surface area contributed by atoms with Crippen LogP contribution in [0.3, 0.4) is 0 Å². The summed E-state index contributed by atoms with van der Waals surface area (Å²) in [5, 5.41) is 10.3. The molecule has 1 N–H and O–H groups in total. The van der Waals surface area contributed by atoms with E-state index in [0.29, 0.717) is 17.5 Å². The van der Waals surface area contributed by atoms with Crippen LogP contribution in [0.4, 0.5) is 0 Å². The number of hydrogen-bond acceptors (Lipinski definition) is 2. The minimum Gasteiger partial charge on any atom is -0.493 e. The second kappa shape index (κ2) is 6.87. The summed E-state index contributed by atoms with van der Waals surface area (Å²) in [5.41, 5.74) is 0.752. The lowest BCUT2D eigenvalue weighted by atomic mass is 10.1. The third kappa shape index (κ3) is 4.97. The average Bonchev–Trinajstić information content (AvgIpc) is 2.25. The monoisotopic (exact) mass is 256 g/mol. The van der Waals surface area contributed by atoms with Crippen LogP contribution in [-0.2, 0) is 0 Å². The van der Waals surface area contributed by atoms with Crippen molar-refractivity contribution in [2.45, 2.75) is 39.7 Å². The number of aliphatic hydroxyl groups excluding tert-OH is 1. The molecule has 0 spiro atoms. The van der Waals surface area contributed by atoms with Crippen molar-refractivity contribution in [2.75, 3.05) is 6.61 Å². The molecule has 0 radical (unpaired) electrons. The molecule has 1 rings (SSSR count). The van der Waals surface area contributed by atoms with E-state index in [0.717, 1.165) is 24.2 Å². The van der Waals surface area contributed by atoms with Gasteiger partial charge >= 0.3 is 0 Å². The van der Waals surface area contributed by atoms with Crippen LogP contribution in [0.5, 0.6) is 5.75 Å². The van der Waals surface area contributed by atoms with E-state index in [-0.39, 0.29) is 0 Å². The van der Waals surface area contributed by atoms with E-state index in [1.807, 2.05) is 6.07 Å². The normalized spacial score (nSPS) is 12.8. The van der Waals surface area contributed by atoms with Crippen LogP contribution < -0.4 is 4.74 Å². The zero-order valence-corrected chi connectivity index (χ0v) is 11.5. The molecule has 0 aromatic heterocycles. The van der Waals surface area contributed by atoms with Gasteiger partial charge in [-0.2, -0.15) is 0 Å². The van der Waals surface area contributed by atoms with Crippen LogP contribution in [0.15, 0.2) is 18.2 Å². The molecule has 2 nitrogen and oxygen atoms in total. The van der Waals surface area contributed by atoms with Crippen LogP contribution in [0, 0.1) is 5.92 Å². The van der Waals surface area contributed by atoms with E-state index in [9.17, 15) is 5.11 Å². The number of ether oxygens (including phenoxy) is 1. The Morgan fingerprint density at radius 3 is 2.59 bits per heavy atom. The van der Waals surface area contributed by atoms with Crippen molar-refractivity contribution in [1.82, 2.24) is 0 Å². The van der Waals surface area contributed by atoms with Crippen LogP contribution in [-0.4, -0.2) is 11.7 Å². The Kier molecular flexibility index (Phi) is 5.79. The minimum atomic E-state index is -0.561. The highest BCUT2D eigenvalue weighted by Crippen LogP contribution is 2.28. The Morgan fingerprint density at radius 1 is 1.29 bits per heavy atom. The Hall–Kier alpha value is -0.730. The van der Waals surface area contributed by atoms with Gasteiger partial charge in [0.2, 0.25) is 0 Å². The molecule has 0 aliphatic carbocycles. The fraction of sp³-hybridized carbons (Fsp3) is 0.571. The van der Waals surface area contributed by atoms with Crippen molar-refractivity contribution in [2.24, 2.45) is 5.92 Å². The van der Waals surface area contributed by atoms with E-state index in [4.69, 9.17) is 16.3 Å². The Morgan fingerprint density at radius 2 is 2.00 bits per heavy atom. The Labute approximate surface area is 109 Å². The smallest absolute Gasteiger partial charge is 0.125 e. The lowest BCUT2D eigenvalue weighted by molar-refractivity contribution is 0.190. The number of hydrogen-bond donors (Lipinski definition) is 1. The van der Waals surface area contributed by atoms with Crippen LogP contribution in [0.2, 0.25) is 5.02 Å². The molecule has 1 unspecified atom stereocenters. The van der Waals surface area contributed by atoms with Gasteiger partial charge in [0.25, 0.3) is 0 Å². The van der Waals surface area contributed by atoms with Gasteiger partial charge in [0, 0.05) is 10.6 Å². The molecule has 0 saturated heterocycles. The molecular weight excluding hydrogens is 236 g/mol. The first-order valence-electron chi connectivity index (χ1n) is 6.11. The zero-order chi connectivity index (χ0) is 12.8. The fourth-order valence-corrected chi connectivity index (χ4v) is 1.83. The summed E-state index contributed by atoms with van der Waals surface area (Å²) in [6.45, 7) is 6.79. The number of benzene rings is 1. The summed E-state index contributed by atoms with van der Waals surface area (Å²) in [6.07, 6.45) is 1.62. The third-order valence-electron chi connectivity index (χ3n) is 2.61. The van der Waals surface area contributed by atoms with Gasteiger partial charge in [-0.1, -0.05) is 25.4 Å². The van der Waals surface area contributed by atoms with Crippen molar-refractivity contribution in [3.8, 4) is 5.75 Å². The quantitative estimate of drug-likeness (QED) is 0.773. The van der Waals surface area contributed by atoms with E-state index < -0.39 is 6.10 Å². The van der Waals surface area contributed by atoms with E-state index >= 15 is 0 Å². The maximum Gasteiger partial charge on any atom is 0.125 e. The molecule has 0 heterocycles. The highest BCUT2D eigenvalue weighted by atomic mass is 35.5. The van der Waals surface area contributed by atoms with Gasteiger partial charge in [0.05, 0.1) is 12.7 Å². The van der Waals surface area contributed by atoms with Gasteiger partial charge < -0.3 is 9.84 Å². The molecule has 0 fully saturated rings. The molecule has 1 aromatic carbocycles. The van der Waals surface area contributed by atoms with Crippen LogP contribution in [0.1, 0.15) is 45.3 Å². The highest BCUT2D eigenvalue weighted by Gasteiger charge is 2.09. The summed E-state index contributed by atoms with van der Waals surface area (Å²) in [5.74, 6) is 1.42. The van der Waals surface area contributed by atoms with Gasteiger partial charge in [-0.15, -0.1) is 0 Å². The molecule has 0 amide bonds. The lowest BCUT2D eigenvalue weighted by Gasteiger charge is -2.14. The Bertz CT molecular complexity index is 348. The van der Waals surface area contributed by atoms with E-state index in [2.05, 4.69) is 13.8 Å². The molecular formula is C14H21ClO2. The van der Waals surface area contributed by atoms with Gasteiger partial charge in [-0.05, 0) is 43.9 Å². The minimum absolute atomic E-state index is 0.561. The third-order valence-corrected chi connectivity index (χ3v) is 2.84. The zero-order valence-electron chi connectivity index (χ0n) is 10.7. The maximum absolute atomic E-state index is 9.64. The molecule has 0 aliphatic rings. The summed E-state index contributed by atoms with van der Waals surface area (Å²) in [4.78, 5) is 0. The van der Waals surface area contributed by atoms with Crippen molar-refractivity contribution in [1.29, 1.82) is 0 Å². The van der Waals surface area contributed by atoms with Crippen LogP contribution in [0.25, 0.3) is 0 Å². The lowest BCUT2D eigenvalue weighted by Crippen LogP contribution is -2.03. The summed E-state index contributed by atoms with van der Waals surface area (Å²) < 4.78 is 5.69. The van der Waals surface area contributed by atoms with E-state index in [1.54, 1.807) is 19.1 Å². The first-order valence-corrected chi connectivity index (χ1v) is 6.48. The van der Waals surface area contributed by atoms with Crippen molar-refractivity contribution in [3.05, 3.63) is 28.8 Å². The van der Waals surface area contributed by atoms with Gasteiger partial charge in [0.1, 0.15) is 5.75 Å². The second-order valence-electron chi connectivity index (χ2n) is 4.74. The van der Waals surface area contributed by atoms with Crippen molar-refractivity contribution < 1.29 is 9.84 Å². The fourth-order valence-electron chi connectivity index (χ4n) is 1.65. The highest BCUT2D eigenvalue weighted by molar-refractivity contribution is 6.30. The standard InChI is InChI=1S/C14H21ClO2/c1-10(2)5-4-8-17-14-7-6-12(15)9-13(14)11(3)16/h6-7,9-11,16H,4-5,8H2,1-3H3. The second-order valence-corrected chi connectivity index (χ2v) is 5.18. The predicted octanol–water partition coefficient (Wildman–Crippen LogP) is 4.21. The van der Waals surface area contributed by atoms with Gasteiger partial charge in [-0.3, -0.25) is 0 Å². The van der Waals surface area contributed by atoms with Crippen molar-refractivity contribution >= 4 is 11.6 Å². The predicted molar refractivity (Wildman–Crippen MR) is 71.7 cm³/mol. The number of aliphatic hydroxyl groups is 1. The molecule has 1 aromatic rings. The van der Waals surface area contributed by atoms with Crippen LogP contribution >= 0.6 is 11.6 Å². The van der Waals surface area contributed by atoms with Gasteiger partial charge in [-0.25, -0.2) is 0 Å². The topological polar surface area (TPSA) is 29.5 Å². The summed E-state index contributed by atoms with van der Waals surface area (Å²) in [6, 6.07) is 5.36. The first-order chi connectivity index (χ1) is 8.00. The number of rotatable bonds is 6. The molecule has 3 heteroatoms. The van der Waals surface area contributed by atoms with Gasteiger partial charge in [0.15, 0.2) is 0 Å². The molecule has 0 saturated carbocycles. The molecule has 0 aliphatic heterocycles. The maximum atomic E-state index is 9.64. The Balaban J connectivity index is 2.58. The van der Waals surface area contributed by atoms with Crippen molar-refractivity contribution in [3.63, 3.8) is 0 Å². The first kappa shape index (κ1) is 14.3.